The fraction of sp³-hybridized carbons (Fsp3) is 0.333. The molecule has 0 saturated heterocycles. The SMILES string of the molecule is CCNC(=NCc1ccc(Cl)cc1OC)NCCc1ccccn1.I. The van der Waals surface area contributed by atoms with Gasteiger partial charge in [-0.05, 0) is 31.2 Å². The minimum absolute atomic E-state index is 0. The van der Waals surface area contributed by atoms with Gasteiger partial charge in [0.1, 0.15) is 5.75 Å². The molecule has 0 amide bonds. The smallest absolute Gasteiger partial charge is 0.191 e. The second kappa shape index (κ2) is 11.9. The maximum atomic E-state index is 5.99. The van der Waals surface area contributed by atoms with Crippen LogP contribution in [0.4, 0.5) is 0 Å². The number of guanidine groups is 1. The lowest BCUT2D eigenvalue weighted by Gasteiger charge is -2.12. The molecule has 1 heterocycles. The van der Waals surface area contributed by atoms with E-state index in [0.29, 0.717) is 11.6 Å². The van der Waals surface area contributed by atoms with Gasteiger partial charge in [0, 0.05) is 42.0 Å². The topological polar surface area (TPSA) is 58.5 Å². The van der Waals surface area contributed by atoms with Gasteiger partial charge in [0.2, 0.25) is 0 Å². The van der Waals surface area contributed by atoms with Crippen LogP contribution in [0.25, 0.3) is 0 Å². The molecule has 25 heavy (non-hydrogen) atoms. The summed E-state index contributed by atoms with van der Waals surface area (Å²) in [6, 6.07) is 11.5. The summed E-state index contributed by atoms with van der Waals surface area (Å²) in [5.41, 5.74) is 2.05. The third kappa shape index (κ3) is 7.48. The van der Waals surface area contributed by atoms with Crippen molar-refractivity contribution in [2.75, 3.05) is 20.2 Å². The number of ether oxygens (including phenoxy) is 1. The molecule has 2 rings (SSSR count). The Labute approximate surface area is 171 Å². The predicted molar refractivity (Wildman–Crippen MR) is 114 cm³/mol. The zero-order valence-electron chi connectivity index (χ0n) is 14.5. The quantitative estimate of drug-likeness (QED) is 0.365. The van der Waals surface area contributed by atoms with Gasteiger partial charge in [0.15, 0.2) is 5.96 Å². The zero-order chi connectivity index (χ0) is 17.2. The normalized spacial score (nSPS) is 10.8. The summed E-state index contributed by atoms with van der Waals surface area (Å²) < 4.78 is 5.35. The molecule has 0 radical (unpaired) electrons. The van der Waals surface area contributed by atoms with Gasteiger partial charge in [0.05, 0.1) is 13.7 Å². The Morgan fingerprint density at radius 2 is 2.08 bits per heavy atom. The van der Waals surface area contributed by atoms with Crippen LogP contribution in [0.15, 0.2) is 47.6 Å². The second-order valence-electron chi connectivity index (χ2n) is 5.15. The lowest BCUT2D eigenvalue weighted by atomic mass is 10.2. The highest BCUT2D eigenvalue weighted by Gasteiger charge is 2.04. The highest BCUT2D eigenvalue weighted by molar-refractivity contribution is 14.0. The number of benzene rings is 1. The van der Waals surface area contributed by atoms with Crippen LogP contribution in [0.5, 0.6) is 5.75 Å². The highest BCUT2D eigenvalue weighted by atomic mass is 127. The molecule has 0 aliphatic heterocycles. The van der Waals surface area contributed by atoms with E-state index in [2.05, 4.69) is 20.6 Å². The first-order chi connectivity index (χ1) is 11.7. The van der Waals surface area contributed by atoms with Crippen molar-refractivity contribution >= 4 is 41.5 Å². The van der Waals surface area contributed by atoms with Gasteiger partial charge in [-0.3, -0.25) is 4.98 Å². The van der Waals surface area contributed by atoms with Crippen LogP contribution in [0.2, 0.25) is 5.02 Å². The molecule has 0 aliphatic carbocycles. The lowest BCUT2D eigenvalue weighted by Crippen LogP contribution is -2.38. The molecule has 5 nitrogen and oxygen atoms in total. The van der Waals surface area contributed by atoms with Crippen molar-refractivity contribution in [1.82, 2.24) is 15.6 Å². The number of nitrogens with one attached hydrogen (secondary N) is 2. The molecule has 136 valence electrons. The Kier molecular flexibility index (Phi) is 10.3. The van der Waals surface area contributed by atoms with E-state index in [1.165, 1.54) is 0 Å². The number of hydrogen-bond donors (Lipinski definition) is 2. The lowest BCUT2D eigenvalue weighted by molar-refractivity contribution is 0.410. The van der Waals surface area contributed by atoms with Gasteiger partial charge in [-0.1, -0.05) is 23.7 Å². The Balaban J connectivity index is 0.00000312. The molecular formula is C18H24ClIN4O. The van der Waals surface area contributed by atoms with Crippen LogP contribution in [-0.4, -0.2) is 31.1 Å². The van der Waals surface area contributed by atoms with Gasteiger partial charge >= 0.3 is 0 Å². The van der Waals surface area contributed by atoms with Crippen molar-refractivity contribution in [3.05, 3.63) is 58.9 Å². The first kappa shape index (κ1) is 21.5. The number of methoxy groups -OCH3 is 1. The molecule has 1 aromatic heterocycles. The molecular weight excluding hydrogens is 451 g/mol. The van der Waals surface area contributed by atoms with Gasteiger partial charge in [0.25, 0.3) is 0 Å². The molecule has 0 bridgehead atoms. The number of aromatic nitrogens is 1. The van der Waals surface area contributed by atoms with Crippen LogP contribution >= 0.6 is 35.6 Å². The van der Waals surface area contributed by atoms with Crippen molar-refractivity contribution in [3.8, 4) is 5.75 Å². The van der Waals surface area contributed by atoms with Crippen molar-refractivity contribution in [1.29, 1.82) is 0 Å². The Morgan fingerprint density at radius 3 is 2.76 bits per heavy atom. The Hall–Kier alpha value is -1.54. The van der Waals surface area contributed by atoms with Crippen LogP contribution < -0.4 is 15.4 Å². The van der Waals surface area contributed by atoms with Crippen LogP contribution in [-0.2, 0) is 13.0 Å². The van der Waals surface area contributed by atoms with E-state index in [1.54, 1.807) is 19.4 Å². The molecule has 0 aliphatic rings. The summed E-state index contributed by atoms with van der Waals surface area (Å²) >= 11 is 5.99. The number of nitrogens with zero attached hydrogens (tertiary/aromatic N) is 2. The highest BCUT2D eigenvalue weighted by Crippen LogP contribution is 2.23. The van der Waals surface area contributed by atoms with Crippen molar-refractivity contribution in [2.24, 2.45) is 4.99 Å². The molecule has 2 aromatic rings. The van der Waals surface area contributed by atoms with Crippen molar-refractivity contribution in [3.63, 3.8) is 0 Å². The fourth-order valence-electron chi connectivity index (χ4n) is 2.21. The molecule has 7 heteroatoms. The first-order valence-corrected chi connectivity index (χ1v) is 8.35. The third-order valence-corrected chi connectivity index (χ3v) is 3.64. The van der Waals surface area contributed by atoms with Crippen molar-refractivity contribution in [2.45, 2.75) is 19.9 Å². The number of halogens is 2. The summed E-state index contributed by atoms with van der Waals surface area (Å²) in [4.78, 5) is 8.92. The first-order valence-electron chi connectivity index (χ1n) is 7.97. The minimum Gasteiger partial charge on any atom is -0.496 e. The van der Waals surface area contributed by atoms with Gasteiger partial charge in [-0.15, -0.1) is 24.0 Å². The number of rotatable bonds is 7. The second-order valence-corrected chi connectivity index (χ2v) is 5.59. The summed E-state index contributed by atoms with van der Waals surface area (Å²) in [7, 11) is 1.63. The largest absolute Gasteiger partial charge is 0.496 e. The van der Waals surface area contributed by atoms with E-state index in [4.69, 9.17) is 16.3 Å². The number of aliphatic imine (C=N–C) groups is 1. The third-order valence-electron chi connectivity index (χ3n) is 3.40. The summed E-state index contributed by atoms with van der Waals surface area (Å²) in [5, 5.41) is 7.21. The van der Waals surface area contributed by atoms with E-state index < -0.39 is 0 Å². The van der Waals surface area contributed by atoms with Gasteiger partial charge in [-0.25, -0.2) is 4.99 Å². The maximum Gasteiger partial charge on any atom is 0.191 e. The van der Waals surface area contributed by atoms with Gasteiger partial charge in [-0.2, -0.15) is 0 Å². The fourth-order valence-corrected chi connectivity index (χ4v) is 2.37. The van der Waals surface area contributed by atoms with E-state index in [-0.39, 0.29) is 24.0 Å². The van der Waals surface area contributed by atoms with Crippen LogP contribution in [0.1, 0.15) is 18.2 Å². The average Bonchev–Trinajstić information content (AvgIpc) is 2.61. The molecule has 0 unspecified atom stereocenters. The van der Waals surface area contributed by atoms with Crippen LogP contribution in [0.3, 0.4) is 0 Å². The molecule has 2 N–H and O–H groups in total. The monoisotopic (exact) mass is 474 g/mol. The molecule has 0 atom stereocenters. The summed E-state index contributed by atoms with van der Waals surface area (Å²) in [5.74, 6) is 1.51. The van der Waals surface area contributed by atoms with E-state index in [9.17, 15) is 0 Å². The maximum absolute atomic E-state index is 5.99. The average molecular weight is 475 g/mol. The van der Waals surface area contributed by atoms with Gasteiger partial charge < -0.3 is 15.4 Å². The molecule has 0 saturated carbocycles. The molecule has 0 fully saturated rings. The number of hydrogen-bond acceptors (Lipinski definition) is 3. The Morgan fingerprint density at radius 1 is 1.24 bits per heavy atom. The van der Waals surface area contributed by atoms with E-state index in [0.717, 1.165) is 42.5 Å². The standard InChI is InChI=1S/C18H23ClN4O.HI/c1-3-20-18(22-11-9-16-6-4-5-10-21-16)23-13-14-7-8-15(19)12-17(14)24-2;/h4-8,10,12H,3,9,11,13H2,1-2H3,(H2,20,22,23);1H. The number of pyridine rings is 1. The molecule has 1 aromatic carbocycles. The molecule has 0 spiro atoms. The van der Waals surface area contributed by atoms with Crippen LogP contribution in [0, 0.1) is 0 Å². The Bertz CT molecular complexity index is 667. The van der Waals surface area contributed by atoms with E-state index >= 15 is 0 Å². The van der Waals surface area contributed by atoms with Crippen molar-refractivity contribution < 1.29 is 4.74 Å². The predicted octanol–water partition coefficient (Wildman–Crippen LogP) is 3.66. The minimum atomic E-state index is 0. The summed E-state index contributed by atoms with van der Waals surface area (Å²) in [6.07, 6.45) is 2.65. The zero-order valence-corrected chi connectivity index (χ0v) is 17.5. The van der Waals surface area contributed by atoms with E-state index in [1.807, 2.05) is 37.3 Å². The summed E-state index contributed by atoms with van der Waals surface area (Å²) in [6.45, 7) is 4.12.